The highest BCUT2D eigenvalue weighted by Crippen LogP contribution is 2.45. The molecule has 1 N–H and O–H groups in total. The van der Waals surface area contributed by atoms with Crippen molar-refractivity contribution in [2.45, 2.75) is 30.6 Å². The molecule has 1 aromatic rings. The zero-order valence-corrected chi connectivity index (χ0v) is 10.1. The number of hydrogen-bond acceptors (Lipinski definition) is 2. The van der Waals surface area contributed by atoms with Gasteiger partial charge in [0.15, 0.2) is 0 Å². The molecule has 0 unspecified atom stereocenters. The van der Waals surface area contributed by atoms with E-state index in [9.17, 15) is 9.00 Å². The summed E-state index contributed by atoms with van der Waals surface area (Å²) in [5.41, 5.74) is 2.04. The van der Waals surface area contributed by atoms with Crippen LogP contribution in [-0.4, -0.2) is 21.5 Å². The minimum atomic E-state index is -1.12. The minimum Gasteiger partial charge on any atom is -0.478 e. The van der Waals surface area contributed by atoms with Crippen LogP contribution in [0.3, 0.4) is 0 Å². The maximum absolute atomic E-state index is 11.7. The number of aromatic carboxylic acids is 1. The summed E-state index contributed by atoms with van der Waals surface area (Å²) < 4.78 is 11.7. The Morgan fingerprint density at radius 1 is 1.44 bits per heavy atom. The average Bonchev–Trinajstić information content (AvgIpc) is 2.98. The molecule has 1 fully saturated rings. The molecule has 0 amide bonds. The van der Waals surface area contributed by atoms with E-state index in [1.165, 1.54) is 0 Å². The Labute approximate surface area is 96.9 Å². The number of aryl methyl sites for hydroxylation is 1. The van der Waals surface area contributed by atoms with Crippen molar-refractivity contribution in [2.75, 3.05) is 6.26 Å². The van der Waals surface area contributed by atoms with Crippen LogP contribution < -0.4 is 0 Å². The van der Waals surface area contributed by atoms with Crippen LogP contribution in [0.1, 0.15) is 40.2 Å². The molecule has 1 aliphatic carbocycles. The summed E-state index contributed by atoms with van der Waals surface area (Å²) in [5.74, 6) is -0.626. The topological polar surface area (TPSA) is 54.4 Å². The van der Waals surface area contributed by atoms with E-state index in [0.717, 1.165) is 28.9 Å². The van der Waals surface area contributed by atoms with E-state index in [0.29, 0.717) is 11.5 Å². The van der Waals surface area contributed by atoms with Gasteiger partial charge in [-0.05, 0) is 42.9 Å². The van der Waals surface area contributed by atoms with Gasteiger partial charge in [0, 0.05) is 11.2 Å². The number of carbonyl (C=O) groups is 1. The van der Waals surface area contributed by atoms with E-state index < -0.39 is 16.8 Å². The summed E-state index contributed by atoms with van der Waals surface area (Å²) in [5, 5.41) is 9.14. The number of benzene rings is 1. The third kappa shape index (κ3) is 1.89. The molecular formula is C12H14O3S. The Balaban J connectivity index is 2.69. The summed E-state index contributed by atoms with van der Waals surface area (Å²) in [6, 6.07) is 3.37. The normalized spacial score (nSPS) is 17.1. The van der Waals surface area contributed by atoms with Gasteiger partial charge in [0.2, 0.25) is 0 Å². The molecule has 1 aromatic carbocycles. The molecule has 0 aromatic heterocycles. The molecule has 0 spiro atoms. The van der Waals surface area contributed by atoms with E-state index in [1.54, 1.807) is 18.4 Å². The smallest absolute Gasteiger partial charge is 0.336 e. The maximum Gasteiger partial charge on any atom is 0.336 e. The lowest BCUT2D eigenvalue weighted by Gasteiger charge is -2.12. The van der Waals surface area contributed by atoms with Gasteiger partial charge >= 0.3 is 5.97 Å². The monoisotopic (exact) mass is 238 g/mol. The molecular weight excluding hydrogens is 224 g/mol. The largest absolute Gasteiger partial charge is 0.478 e. The Kier molecular flexibility index (Phi) is 2.84. The Morgan fingerprint density at radius 3 is 2.50 bits per heavy atom. The summed E-state index contributed by atoms with van der Waals surface area (Å²) in [4.78, 5) is 11.9. The van der Waals surface area contributed by atoms with E-state index in [1.807, 2.05) is 6.92 Å². The van der Waals surface area contributed by atoms with Gasteiger partial charge in [0.25, 0.3) is 0 Å². The van der Waals surface area contributed by atoms with Gasteiger partial charge in [0.1, 0.15) is 0 Å². The van der Waals surface area contributed by atoms with Crippen molar-refractivity contribution in [3.8, 4) is 0 Å². The predicted octanol–water partition coefficient (Wildman–Crippen LogP) is 2.31. The second-order valence-electron chi connectivity index (χ2n) is 4.21. The fourth-order valence-corrected chi connectivity index (χ4v) is 3.16. The molecule has 0 aliphatic heterocycles. The quantitative estimate of drug-likeness (QED) is 0.879. The van der Waals surface area contributed by atoms with Crippen LogP contribution in [0.25, 0.3) is 0 Å². The average molecular weight is 238 g/mol. The SMILES string of the molecule is Cc1ccc(C(=O)O)c(C2CC2)c1[S@](C)=O. The molecule has 4 heteroatoms. The highest BCUT2D eigenvalue weighted by molar-refractivity contribution is 7.84. The molecule has 3 nitrogen and oxygen atoms in total. The molecule has 0 bridgehead atoms. The third-order valence-electron chi connectivity index (χ3n) is 2.90. The van der Waals surface area contributed by atoms with E-state index in [2.05, 4.69) is 0 Å². The highest BCUT2D eigenvalue weighted by Gasteiger charge is 2.32. The van der Waals surface area contributed by atoms with Crippen LogP contribution in [-0.2, 0) is 10.8 Å². The predicted molar refractivity (Wildman–Crippen MR) is 62.4 cm³/mol. The van der Waals surface area contributed by atoms with Gasteiger partial charge in [-0.15, -0.1) is 0 Å². The second kappa shape index (κ2) is 4.01. The van der Waals surface area contributed by atoms with Crippen LogP contribution in [0.2, 0.25) is 0 Å². The van der Waals surface area contributed by atoms with Crippen molar-refractivity contribution in [3.05, 3.63) is 28.8 Å². The van der Waals surface area contributed by atoms with Crippen molar-refractivity contribution in [3.63, 3.8) is 0 Å². The molecule has 0 saturated heterocycles. The van der Waals surface area contributed by atoms with E-state index in [4.69, 9.17) is 5.11 Å². The maximum atomic E-state index is 11.7. The minimum absolute atomic E-state index is 0.296. The molecule has 0 heterocycles. The molecule has 16 heavy (non-hydrogen) atoms. The van der Waals surface area contributed by atoms with Crippen molar-refractivity contribution < 1.29 is 14.1 Å². The molecule has 1 saturated carbocycles. The number of rotatable bonds is 3. The Hall–Kier alpha value is -1.16. The van der Waals surface area contributed by atoms with Crippen molar-refractivity contribution in [2.24, 2.45) is 0 Å². The Morgan fingerprint density at radius 2 is 2.06 bits per heavy atom. The standard InChI is InChI=1S/C12H14O3S/c1-7-3-6-9(12(13)14)10(8-4-5-8)11(7)16(2)15/h3,6,8H,4-5H2,1-2H3,(H,13,14)/t16-/m0/s1. The molecule has 2 rings (SSSR count). The third-order valence-corrected chi connectivity index (χ3v) is 4.01. The van der Waals surface area contributed by atoms with E-state index in [-0.39, 0.29) is 0 Å². The van der Waals surface area contributed by atoms with Gasteiger partial charge in [-0.1, -0.05) is 6.07 Å². The Bertz CT molecular complexity index is 475. The lowest BCUT2D eigenvalue weighted by molar-refractivity contribution is 0.0695. The zero-order valence-electron chi connectivity index (χ0n) is 9.32. The summed E-state index contributed by atoms with van der Waals surface area (Å²) >= 11 is 0. The van der Waals surface area contributed by atoms with Gasteiger partial charge < -0.3 is 5.11 Å². The van der Waals surface area contributed by atoms with Crippen molar-refractivity contribution in [1.82, 2.24) is 0 Å². The van der Waals surface area contributed by atoms with Crippen molar-refractivity contribution in [1.29, 1.82) is 0 Å². The van der Waals surface area contributed by atoms with Crippen LogP contribution in [0.5, 0.6) is 0 Å². The lowest BCUT2D eigenvalue weighted by Crippen LogP contribution is -2.07. The summed E-state index contributed by atoms with van der Waals surface area (Å²) in [6.07, 6.45) is 3.63. The highest BCUT2D eigenvalue weighted by atomic mass is 32.2. The zero-order chi connectivity index (χ0) is 11.9. The summed E-state index contributed by atoms with van der Waals surface area (Å²) in [6.45, 7) is 1.88. The van der Waals surface area contributed by atoms with Gasteiger partial charge in [-0.3, -0.25) is 4.21 Å². The first kappa shape index (κ1) is 11.3. The molecule has 1 atom stereocenters. The van der Waals surface area contributed by atoms with Crippen molar-refractivity contribution >= 4 is 16.8 Å². The van der Waals surface area contributed by atoms with Gasteiger partial charge in [-0.2, -0.15) is 0 Å². The van der Waals surface area contributed by atoms with Gasteiger partial charge in [0.05, 0.1) is 16.4 Å². The molecule has 1 aliphatic rings. The van der Waals surface area contributed by atoms with E-state index >= 15 is 0 Å². The van der Waals surface area contributed by atoms with Crippen LogP contribution in [0, 0.1) is 6.92 Å². The van der Waals surface area contributed by atoms with Gasteiger partial charge in [-0.25, -0.2) is 4.79 Å². The second-order valence-corrected chi connectivity index (χ2v) is 5.52. The number of carboxylic acid groups (broad SMARTS) is 1. The summed E-state index contributed by atoms with van der Waals surface area (Å²) in [7, 11) is -1.12. The number of carboxylic acids is 1. The first-order valence-electron chi connectivity index (χ1n) is 5.22. The first-order valence-corrected chi connectivity index (χ1v) is 6.78. The fraction of sp³-hybridized carbons (Fsp3) is 0.417. The van der Waals surface area contributed by atoms with Crippen LogP contribution in [0.15, 0.2) is 17.0 Å². The first-order chi connectivity index (χ1) is 7.52. The van der Waals surface area contributed by atoms with Crippen LogP contribution in [0.4, 0.5) is 0 Å². The molecule has 0 radical (unpaired) electrons. The number of hydrogen-bond donors (Lipinski definition) is 1. The molecule has 86 valence electrons. The lowest BCUT2D eigenvalue weighted by atomic mass is 10.0. The van der Waals surface area contributed by atoms with Crippen LogP contribution >= 0.6 is 0 Å². The fourth-order valence-electron chi connectivity index (χ4n) is 2.05.